The third-order valence-electron chi connectivity index (χ3n) is 2.92. The van der Waals surface area contributed by atoms with Crippen LogP contribution in [0.3, 0.4) is 0 Å². The van der Waals surface area contributed by atoms with Crippen LogP contribution in [0.1, 0.15) is 32.8 Å². The van der Waals surface area contributed by atoms with E-state index in [0.29, 0.717) is 23.6 Å². The SMILES string of the molecule is CC(C)CC(C)(O)CNS(=O)(=O)Cc1ccccc1N. The molecule has 1 unspecified atom stereocenters. The molecule has 0 bridgehead atoms. The minimum atomic E-state index is -3.52. The highest BCUT2D eigenvalue weighted by atomic mass is 32.2. The predicted molar refractivity (Wildman–Crippen MR) is 81.6 cm³/mol. The van der Waals surface area contributed by atoms with Gasteiger partial charge in [-0.1, -0.05) is 32.0 Å². The minimum absolute atomic E-state index is 0.000250. The smallest absolute Gasteiger partial charge is 0.215 e. The highest BCUT2D eigenvalue weighted by Crippen LogP contribution is 2.17. The fourth-order valence-corrected chi connectivity index (χ4v) is 3.44. The van der Waals surface area contributed by atoms with Crippen molar-refractivity contribution in [2.24, 2.45) is 5.92 Å². The number of nitrogen functional groups attached to an aromatic ring is 1. The van der Waals surface area contributed by atoms with Gasteiger partial charge >= 0.3 is 0 Å². The number of hydrogen-bond acceptors (Lipinski definition) is 4. The van der Waals surface area contributed by atoms with Gasteiger partial charge in [0.05, 0.1) is 11.4 Å². The Balaban J connectivity index is 2.65. The summed E-state index contributed by atoms with van der Waals surface area (Å²) in [5.74, 6) is 0.108. The summed E-state index contributed by atoms with van der Waals surface area (Å²) in [5.41, 5.74) is 5.69. The third-order valence-corrected chi connectivity index (χ3v) is 4.20. The van der Waals surface area contributed by atoms with E-state index in [0.717, 1.165) is 0 Å². The molecule has 0 fully saturated rings. The van der Waals surface area contributed by atoms with Crippen molar-refractivity contribution < 1.29 is 13.5 Å². The van der Waals surface area contributed by atoms with Gasteiger partial charge in [-0.05, 0) is 30.9 Å². The second-order valence-corrected chi connectivity index (χ2v) is 7.68. The maximum Gasteiger partial charge on any atom is 0.215 e. The van der Waals surface area contributed by atoms with Crippen LogP contribution in [0, 0.1) is 5.92 Å². The first-order valence-corrected chi connectivity index (χ1v) is 8.30. The lowest BCUT2D eigenvalue weighted by Gasteiger charge is -2.25. The number of nitrogens with one attached hydrogen (secondary N) is 1. The van der Waals surface area contributed by atoms with Gasteiger partial charge in [0, 0.05) is 12.2 Å². The Morgan fingerprint density at radius 1 is 1.35 bits per heavy atom. The van der Waals surface area contributed by atoms with Crippen LogP contribution in [-0.2, 0) is 15.8 Å². The zero-order valence-electron chi connectivity index (χ0n) is 12.3. The number of hydrogen-bond donors (Lipinski definition) is 3. The molecule has 0 heterocycles. The molecule has 1 rings (SSSR count). The standard InChI is InChI=1S/C14H24N2O3S/c1-11(2)8-14(3,17)10-16-20(18,19)9-12-6-4-5-7-13(12)15/h4-7,11,16-17H,8-10,15H2,1-3H3. The summed E-state index contributed by atoms with van der Waals surface area (Å²) in [6.07, 6.45) is 0.531. The number of benzene rings is 1. The number of para-hydroxylation sites is 1. The highest BCUT2D eigenvalue weighted by molar-refractivity contribution is 7.88. The highest BCUT2D eigenvalue weighted by Gasteiger charge is 2.24. The van der Waals surface area contributed by atoms with Crippen molar-refractivity contribution in [2.45, 2.75) is 38.5 Å². The predicted octanol–water partition coefficient (Wildman–Crippen LogP) is 1.49. The maximum atomic E-state index is 12.0. The summed E-state index contributed by atoms with van der Waals surface area (Å²) in [5, 5.41) is 10.1. The van der Waals surface area contributed by atoms with E-state index in [9.17, 15) is 13.5 Å². The average Bonchev–Trinajstić information content (AvgIpc) is 2.28. The number of rotatable bonds is 7. The fraction of sp³-hybridized carbons (Fsp3) is 0.571. The van der Waals surface area contributed by atoms with E-state index in [-0.39, 0.29) is 12.3 Å². The molecular formula is C14H24N2O3S. The van der Waals surface area contributed by atoms with E-state index < -0.39 is 15.6 Å². The zero-order chi connectivity index (χ0) is 15.4. The molecule has 6 heteroatoms. The lowest BCUT2D eigenvalue weighted by molar-refractivity contribution is 0.0436. The molecule has 0 aliphatic rings. The van der Waals surface area contributed by atoms with Gasteiger partial charge in [0.15, 0.2) is 0 Å². The molecule has 1 aromatic rings. The second kappa shape index (κ2) is 6.56. The normalized spacial score (nSPS) is 15.2. The molecule has 0 aliphatic carbocycles. The molecule has 1 atom stereocenters. The summed E-state index contributed by atoms with van der Waals surface area (Å²) < 4.78 is 26.5. The van der Waals surface area contributed by atoms with Gasteiger partial charge in [-0.15, -0.1) is 0 Å². The van der Waals surface area contributed by atoms with Gasteiger partial charge in [0.1, 0.15) is 0 Å². The van der Waals surface area contributed by atoms with E-state index in [2.05, 4.69) is 4.72 Å². The second-order valence-electron chi connectivity index (χ2n) is 5.87. The lowest BCUT2D eigenvalue weighted by Crippen LogP contribution is -2.41. The van der Waals surface area contributed by atoms with Crippen LogP contribution in [0.2, 0.25) is 0 Å². The van der Waals surface area contributed by atoms with Crippen LogP contribution < -0.4 is 10.5 Å². The van der Waals surface area contributed by atoms with Crippen molar-refractivity contribution in [3.63, 3.8) is 0 Å². The molecule has 0 amide bonds. The molecule has 0 aliphatic heterocycles. The van der Waals surface area contributed by atoms with Gasteiger partial charge < -0.3 is 10.8 Å². The van der Waals surface area contributed by atoms with Crippen molar-refractivity contribution in [2.75, 3.05) is 12.3 Å². The molecule has 4 N–H and O–H groups in total. The monoisotopic (exact) mass is 300 g/mol. The molecule has 1 aromatic carbocycles. The fourth-order valence-electron chi connectivity index (χ4n) is 2.14. The van der Waals surface area contributed by atoms with E-state index in [1.54, 1.807) is 31.2 Å². The molecule has 20 heavy (non-hydrogen) atoms. The number of anilines is 1. The number of sulfonamides is 1. The van der Waals surface area contributed by atoms with Crippen molar-refractivity contribution in [3.05, 3.63) is 29.8 Å². The quantitative estimate of drug-likeness (QED) is 0.665. The summed E-state index contributed by atoms with van der Waals surface area (Å²) >= 11 is 0. The van der Waals surface area contributed by atoms with Crippen LogP contribution in [0.4, 0.5) is 5.69 Å². The Bertz CT molecular complexity index is 539. The molecule has 0 spiro atoms. The van der Waals surface area contributed by atoms with Gasteiger partial charge in [-0.2, -0.15) is 0 Å². The van der Waals surface area contributed by atoms with Gasteiger partial charge in [-0.25, -0.2) is 13.1 Å². The van der Waals surface area contributed by atoms with E-state index >= 15 is 0 Å². The Morgan fingerprint density at radius 3 is 2.50 bits per heavy atom. The van der Waals surface area contributed by atoms with Gasteiger partial charge in [0.2, 0.25) is 10.0 Å². The number of aliphatic hydroxyl groups is 1. The van der Waals surface area contributed by atoms with Crippen LogP contribution >= 0.6 is 0 Å². The topological polar surface area (TPSA) is 92.4 Å². The molecule has 0 saturated heterocycles. The molecule has 0 radical (unpaired) electrons. The average molecular weight is 300 g/mol. The summed E-state index contributed by atoms with van der Waals surface area (Å²) in [4.78, 5) is 0. The summed E-state index contributed by atoms with van der Waals surface area (Å²) in [6.45, 7) is 5.59. The summed E-state index contributed by atoms with van der Waals surface area (Å²) in [7, 11) is -3.52. The largest absolute Gasteiger partial charge is 0.398 e. The van der Waals surface area contributed by atoms with Gasteiger partial charge in [-0.3, -0.25) is 0 Å². The first-order chi connectivity index (χ1) is 9.11. The van der Waals surface area contributed by atoms with Crippen LogP contribution in [-0.4, -0.2) is 25.7 Å². The van der Waals surface area contributed by atoms with Crippen molar-refractivity contribution >= 4 is 15.7 Å². The van der Waals surface area contributed by atoms with Crippen molar-refractivity contribution in [3.8, 4) is 0 Å². The molecule has 0 saturated carbocycles. The molecule has 114 valence electrons. The van der Waals surface area contributed by atoms with Crippen LogP contribution in [0.15, 0.2) is 24.3 Å². The number of nitrogens with two attached hydrogens (primary N) is 1. The Labute approximate surface area is 121 Å². The lowest BCUT2D eigenvalue weighted by atomic mass is 9.95. The molecular weight excluding hydrogens is 276 g/mol. The van der Waals surface area contributed by atoms with E-state index in [1.807, 2.05) is 13.8 Å². The first-order valence-electron chi connectivity index (χ1n) is 6.64. The Kier molecular flexibility index (Phi) is 5.56. The zero-order valence-corrected chi connectivity index (χ0v) is 13.1. The Morgan fingerprint density at radius 2 is 1.95 bits per heavy atom. The molecule has 5 nitrogen and oxygen atoms in total. The van der Waals surface area contributed by atoms with Crippen molar-refractivity contribution in [1.82, 2.24) is 4.72 Å². The van der Waals surface area contributed by atoms with Crippen LogP contribution in [0.5, 0.6) is 0 Å². The summed E-state index contributed by atoms with van der Waals surface area (Å²) in [6, 6.07) is 6.85. The first kappa shape index (κ1) is 16.9. The van der Waals surface area contributed by atoms with Gasteiger partial charge in [0.25, 0.3) is 0 Å². The minimum Gasteiger partial charge on any atom is -0.398 e. The van der Waals surface area contributed by atoms with Crippen LogP contribution in [0.25, 0.3) is 0 Å². The van der Waals surface area contributed by atoms with E-state index in [4.69, 9.17) is 5.73 Å². The third kappa shape index (κ3) is 5.90. The Hall–Kier alpha value is -1.11. The molecule has 0 aromatic heterocycles. The maximum absolute atomic E-state index is 12.0. The van der Waals surface area contributed by atoms with Crippen molar-refractivity contribution in [1.29, 1.82) is 0 Å². The van der Waals surface area contributed by atoms with E-state index in [1.165, 1.54) is 0 Å².